The van der Waals surface area contributed by atoms with Crippen LogP contribution in [-0.4, -0.2) is 21.8 Å². The minimum atomic E-state index is -0.329. The number of aromatic nitrogens is 2. The number of hydrogen-bond acceptors (Lipinski definition) is 2. The number of anilines is 1. The van der Waals surface area contributed by atoms with E-state index in [9.17, 15) is 9.18 Å². The van der Waals surface area contributed by atoms with Crippen molar-refractivity contribution in [3.8, 4) is 0 Å². The third-order valence-corrected chi connectivity index (χ3v) is 4.10. The van der Waals surface area contributed by atoms with Crippen molar-refractivity contribution in [3.05, 3.63) is 65.4 Å². The van der Waals surface area contributed by atoms with Gasteiger partial charge >= 0.3 is 0 Å². The largest absolute Gasteiger partial charge is 0.306 e. The highest BCUT2D eigenvalue weighted by atomic mass is 19.1. The van der Waals surface area contributed by atoms with Crippen LogP contribution in [-0.2, 0) is 6.42 Å². The number of nitrogens with zero attached hydrogens (tertiary/aromatic N) is 3. The van der Waals surface area contributed by atoms with Crippen molar-refractivity contribution in [1.82, 2.24) is 9.38 Å². The van der Waals surface area contributed by atoms with E-state index in [2.05, 4.69) is 4.98 Å². The number of carbonyl (C=O) groups excluding carboxylic acids is 1. The highest BCUT2D eigenvalue weighted by Gasteiger charge is 2.27. The first-order chi connectivity index (χ1) is 10.6. The molecule has 4 rings (SSSR count). The van der Waals surface area contributed by atoms with Crippen molar-refractivity contribution >= 4 is 17.2 Å². The fourth-order valence-electron chi connectivity index (χ4n) is 2.95. The molecule has 110 valence electrons. The lowest BCUT2D eigenvalue weighted by atomic mass is 10.2. The van der Waals surface area contributed by atoms with Gasteiger partial charge in [0, 0.05) is 18.4 Å². The molecule has 0 N–H and O–H groups in total. The van der Waals surface area contributed by atoms with Crippen molar-refractivity contribution in [1.29, 1.82) is 0 Å². The molecule has 1 aliphatic rings. The lowest BCUT2D eigenvalue weighted by Crippen LogP contribution is -2.29. The molecule has 1 amide bonds. The summed E-state index contributed by atoms with van der Waals surface area (Å²) in [5, 5.41) is 0. The first kappa shape index (κ1) is 13.0. The van der Waals surface area contributed by atoms with Crippen LogP contribution in [0.2, 0.25) is 0 Å². The molecule has 1 aliphatic heterocycles. The summed E-state index contributed by atoms with van der Waals surface area (Å²) < 4.78 is 15.3. The lowest BCUT2D eigenvalue weighted by Gasteiger charge is -2.15. The minimum absolute atomic E-state index is 0.188. The van der Waals surface area contributed by atoms with Gasteiger partial charge in [0.25, 0.3) is 5.91 Å². The summed E-state index contributed by atoms with van der Waals surface area (Å²) in [6.45, 7) is 2.52. The van der Waals surface area contributed by atoms with Crippen LogP contribution in [0, 0.1) is 12.7 Å². The topological polar surface area (TPSA) is 37.6 Å². The number of rotatable bonds is 1. The van der Waals surface area contributed by atoms with E-state index >= 15 is 0 Å². The van der Waals surface area contributed by atoms with Gasteiger partial charge in [-0.05, 0) is 43.2 Å². The highest BCUT2D eigenvalue weighted by molar-refractivity contribution is 6.06. The zero-order valence-electron chi connectivity index (χ0n) is 12.1. The van der Waals surface area contributed by atoms with Crippen molar-refractivity contribution in [2.45, 2.75) is 13.3 Å². The fourth-order valence-corrected chi connectivity index (χ4v) is 2.95. The van der Waals surface area contributed by atoms with E-state index in [-0.39, 0.29) is 11.7 Å². The fraction of sp³-hybridized carbons (Fsp3) is 0.176. The van der Waals surface area contributed by atoms with Crippen LogP contribution in [0.4, 0.5) is 10.1 Å². The summed E-state index contributed by atoms with van der Waals surface area (Å²) >= 11 is 0. The normalized spacial score (nSPS) is 13.6. The molecule has 4 nitrogen and oxygen atoms in total. The van der Waals surface area contributed by atoms with Gasteiger partial charge in [-0.1, -0.05) is 12.1 Å². The average Bonchev–Trinajstić information content (AvgIpc) is 3.11. The van der Waals surface area contributed by atoms with Gasteiger partial charge in [0.2, 0.25) is 0 Å². The molecule has 2 aromatic heterocycles. The summed E-state index contributed by atoms with van der Waals surface area (Å²) in [6, 6.07) is 10.3. The van der Waals surface area contributed by atoms with Gasteiger partial charge in [-0.3, -0.25) is 4.79 Å². The zero-order valence-corrected chi connectivity index (χ0v) is 12.1. The molecule has 0 unspecified atom stereocenters. The number of amides is 1. The maximum absolute atomic E-state index is 13.5. The second-order valence-corrected chi connectivity index (χ2v) is 5.50. The Kier molecular flexibility index (Phi) is 2.76. The van der Waals surface area contributed by atoms with Crippen molar-refractivity contribution < 1.29 is 9.18 Å². The molecule has 22 heavy (non-hydrogen) atoms. The molecular weight excluding hydrogens is 281 g/mol. The van der Waals surface area contributed by atoms with E-state index < -0.39 is 0 Å². The molecule has 0 saturated heterocycles. The molecule has 3 heterocycles. The van der Waals surface area contributed by atoms with E-state index in [4.69, 9.17) is 0 Å². The van der Waals surface area contributed by atoms with Gasteiger partial charge in [-0.15, -0.1) is 0 Å². The summed E-state index contributed by atoms with van der Waals surface area (Å²) in [5.74, 6) is -0.517. The van der Waals surface area contributed by atoms with Gasteiger partial charge in [-0.25, -0.2) is 9.37 Å². The van der Waals surface area contributed by atoms with Crippen LogP contribution in [0.5, 0.6) is 0 Å². The second-order valence-electron chi connectivity index (χ2n) is 5.50. The number of aryl methyl sites for hydroxylation is 1. The predicted molar refractivity (Wildman–Crippen MR) is 81.7 cm³/mol. The zero-order chi connectivity index (χ0) is 15.3. The van der Waals surface area contributed by atoms with Crippen LogP contribution in [0.15, 0.2) is 42.6 Å². The van der Waals surface area contributed by atoms with Gasteiger partial charge in [0.1, 0.15) is 17.2 Å². The van der Waals surface area contributed by atoms with E-state index in [1.54, 1.807) is 17.2 Å². The van der Waals surface area contributed by atoms with E-state index in [0.29, 0.717) is 17.9 Å². The standard InChI is InChI=1S/C17H14FN3O/c1-11-3-2-4-16-19-14(10-21(11)16)17(22)20-8-7-12-5-6-13(18)9-15(12)20/h2-6,9-10H,7-8H2,1H3. The molecule has 0 atom stereocenters. The Morgan fingerprint density at radius 2 is 2.14 bits per heavy atom. The van der Waals surface area contributed by atoms with E-state index in [1.165, 1.54) is 12.1 Å². The van der Waals surface area contributed by atoms with E-state index in [0.717, 1.165) is 23.3 Å². The van der Waals surface area contributed by atoms with Gasteiger partial charge < -0.3 is 9.30 Å². The quantitative estimate of drug-likeness (QED) is 0.692. The Balaban J connectivity index is 1.76. The Labute approximate surface area is 126 Å². The van der Waals surface area contributed by atoms with Crippen LogP contribution in [0.25, 0.3) is 5.65 Å². The molecule has 0 fully saturated rings. The first-order valence-corrected chi connectivity index (χ1v) is 7.18. The number of pyridine rings is 1. The maximum Gasteiger partial charge on any atom is 0.278 e. The predicted octanol–water partition coefficient (Wildman–Crippen LogP) is 2.98. The van der Waals surface area contributed by atoms with Gasteiger partial charge in [-0.2, -0.15) is 0 Å². The van der Waals surface area contributed by atoms with Crippen LogP contribution in [0.3, 0.4) is 0 Å². The number of hydrogen-bond donors (Lipinski definition) is 0. The van der Waals surface area contributed by atoms with Gasteiger partial charge in [0.05, 0.1) is 5.69 Å². The summed E-state index contributed by atoms with van der Waals surface area (Å²) in [5.41, 5.74) is 3.78. The molecule has 1 aromatic carbocycles. The Hall–Kier alpha value is -2.69. The monoisotopic (exact) mass is 295 g/mol. The van der Waals surface area contributed by atoms with Crippen LogP contribution >= 0.6 is 0 Å². The molecular formula is C17H14FN3O. The molecule has 3 aromatic rings. The molecule has 0 radical (unpaired) electrons. The van der Waals surface area contributed by atoms with Crippen LogP contribution in [0.1, 0.15) is 21.7 Å². The molecule has 0 saturated carbocycles. The molecule has 5 heteroatoms. The maximum atomic E-state index is 13.5. The number of imidazole rings is 1. The number of halogens is 1. The third-order valence-electron chi connectivity index (χ3n) is 4.10. The second kappa shape index (κ2) is 4.66. The first-order valence-electron chi connectivity index (χ1n) is 7.18. The van der Waals surface area contributed by atoms with Gasteiger partial charge in [0.15, 0.2) is 0 Å². The van der Waals surface area contributed by atoms with Crippen molar-refractivity contribution in [3.63, 3.8) is 0 Å². The Bertz CT molecular complexity index is 900. The molecule has 0 aliphatic carbocycles. The smallest absolute Gasteiger partial charge is 0.278 e. The van der Waals surface area contributed by atoms with E-state index in [1.807, 2.05) is 29.5 Å². The summed E-state index contributed by atoms with van der Waals surface area (Å²) in [6.07, 6.45) is 2.48. The van der Waals surface area contributed by atoms with Crippen LogP contribution < -0.4 is 4.90 Å². The van der Waals surface area contributed by atoms with Crippen molar-refractivity contribution in [2.24, 2.45) is 0 Å². The Morgan fingerprint density at radius 1 is 1.27 bits per heavy atom. The minimum Gasteiger partial charge on any atom is -0.306 e. The summed E-state index contributed by atoms with van der Waals surface area (Å²) in [4.78, 5) is 18.7. The number of carbonyl (C=O) groups is 1. The third kappa shape index (κ3) is 1.89. The number of benzene rings is 1. The molecule has 0 spiro atoms. The highest BCUT2D eigenvalue weighted by Crippen LogP contribution is 2.30. The summed E-state index contributed by atoms with van der Waals surface area (Å²) in [7, 11) is 0. The molecule has 0 bridgehead atoms. The van der Waals surface area contributed by atoms with Crippen molar-refractivity contribution in [2.75, 3.05) is 11.4 Å². The Morgan fingerprint density at radius 3 is 2.95 bits per heavy atom. The SMILES string of the molecule is Cc1cccc2nc(C(=O)N3CCc4ccc(F)cc43)cn12. The lowest BCUT2D eigenvalue weighted by molar-refractivity contribution is 0.0985. The number of fused-ring (bicyclic) bond motifs is 2. The average molecular weight is 295 g/mol.